The summed E-state index contributed by atoms with van der Waals surface area (Å²) in [7, 11) is 0. The second-order valence-electron chi connectivity index (χ2n) is 4.53. The third-order valence-corrected chi connectivity index (χ3v) is 3.21. The molecule has 0 aliphatic carbocycles. The van der Waals surface area contributed by atoms with Gasteiger partial charge in [-0.25, -0.2) is 4.98 Å². The molecule has 1 heterocycles. The van der Waals surface area contributed by atoms with Crippen LogP contribution in [-0.4, -0.2) is 15.1 Å². The van der Waals surface area contributed by atoms with Crippen molar-refractivity contribution in [2.45, 2.75) is 13.8 Å². The fraction of sp³-hybridized carbons (Fsp3) is 0.133. The molecule has 0 unspecified atom stereocenters. The van der Waals surface area contributed by atoms with Crippen molar-refractivity contribution in [1.82, 2.24) is 9.97 Å². The van der Waals surface area contributed by atoms with Crippen LogP contribution in [0.2, 0.25) is 0 Å². The quantitative estimate of drug-likeness (QED) is 0.681. The molecular weight excluding hydrogens is 224 g/mol. The summed E-state index contributed by atoms with van der Waals surface area (Å²) in [5.41, 5.74) is 4.66. The van der Waals surface area contributed by atoms with Gasteiger partial charge < -0.3 is 10.1 Å². The Balaban J connectivity index is 2.26. The highest BCUT2D eigenvalue weighted by molar-refractivity contribution is 5.83. The van der Waals surface area contributed by atoms with Crippen LogP contribution in [0.4, 0.5) is 0 Å². The summed E-state index contributed by atoms with van der Waals surface area (Å²) in [6, 6.07) is 11.7. The number of aromatic nitrogens is 2. The Morgan fingerprint density at radius 2 is 1.72 bits per heavy atom. The van der Waals surface area contributed by atoms with E-state index in [1.165, 1.54) is 0 Å². The lowest BCUT2D eigenvalue weighted by molar-refractivity contribution is 0.473. The minimum Gasteiger partial charge on any atom is -0.507 e. The van der Waals surface area contributed by atoms with E-state index in [4.69, 9.17) is 0 Å². The number of phenols is 1. The van der Waals surface area contributed by atoms with Crippen molar-refractivity contribution >= 4 is 11.0 Å². The van der Waals surface area contributed by atoms with Gasteiger partial charge in [-0.05, 0) is 37.1 Å². The number of nitrogens with one attached hydrogen (secondary N) is 1. The minimum atomic E-state index is 0.286. The molecule has 0 spiro atoms. The molecule has 2 aromatic carbocycles. The van der Waals surface area contributed by atoms with E-state index in [2.05, 4.69) is 9.97 Å². The number of aromatic hydroxyl groups is 1. The third kappa shape index (κ3) is 1.56. The third-order valence-electron chi connectivity index (χ3n) is 3.21. The first-order valence-electron chi connectivity index (χ1n) is 5.91. The molecule has 3 rings (SSSR count). The van der Waals surface area contributed by atoms with Crippen LogP contribution in [0.5, 0.6) is 5.75 Å². The standard InChI is InChI=1S/C15H14N2O/c1-9-5-4-8-12-13(9)17-15(16-12)11-7-3-6-10(2)14(11)18/h3-8,18H,1-2H3,(H,16,17). The molecule has 3 nitrogen and oxygen atoms in total. The summed E-state index contributed by atoms with van der Waals surface area (Å²) >= 11 is 0. The first-order chi connectivity index (χ1) is 8.66. The minimum absolute atomic E-state index is 0.286. The van der Waals surface area contributed by atoms with E-state index in [0.29, 0.717) is 5.82 Å². The van der Waals surface area contributed by atoms with Gasteiger partial charge in [0, 0.05) is 0 Å². The molecule has 0 amide bonds. The molecule has 0 saturated carbocycles. The molecule has 0 radical (unpaired) electrons. The van der Waals surface area contributed by atoms with Crippen LogP contribution >= 0.6 is 0 Å². The smallest absolute Gasteiger partial charge is 0.142 e. The number of aryl methyl sites for hydroxylation is 2. The normalized spacial score (nSPS) is 11.0. The van der Waals surface area contributed by atoms with Gasteiger partial charge in [0.15, 0.2) is 0 Å². The summed E-state index contributed by atoms with van der Waals surface area (Å²) in [5.74, 6) is 0.995. The predicted molar refractivity (Wildman–Crippen MR) is 72.7 cm³/mol. The van der Waals surface area contributed by atoms with Crippen LogP contribution in [0.3, 0.4) is 0 Å². The zero-order valence-electron chi connectivity index (χ0n) is 10.4. The molecule has 0 fully saturated rings. The van der Waals surface area contributed by atoms with Crippen molar-refractivity contribution in [3.63, 3.8) is 0 Å². The molecule has 18 heavy (non-hydrogen) atoms. The number of para-hydroxylation sites is 2. The summed E-state index contributed by atoms with van der Waals surface area (Å²) in [4.78, 5) is 7.82. The lowest BCUT2D eigenvalue weighted by atomic mass is 10.1. The van der Waals surface area contributed by atoms with Gasteiger partial charge in [0.05, 0.1) is 16.6 Å². The van der Waals surface area contributed by atoms with Gasteiger partial charge >= 0.3 is 0 Å². The Kier molecular flexibility index (Phi) is 2.33. The van der Waals surface area contributed by atoms with Gasteiger partial charge in [0.25, 0.3) is 0 Å². The zero-order chi connectivity index (χ0) is 12.7. The van der Waals surface area contributed by atoms with Crippen LogP contribution < -0.4 is 0 Å². The zero-order valence-corrected chi connectivity index (χ0v) is 10.4. The topological polar surface area (TPSA) is 48.9 Å². The second kappa shape index (κ2) is 3.88. The second-order valence-corrected chi connectivity index (χ2v) is 4.53. The van der Waals surface area contributed by atoms with Crippen molar-refractivity contribution < 1.29 is 5.11 Å². The maximum absolute atomic E-state index is 10.1. The van der Waals surface area contributed by atoms with Crippen molar-refractivity contribution in [3.05, 3.63) is 47.5 Å². The highest BCUT2D eigenvalue weighted by Crippen LogP contribution is 2.31. The van der Waals surface area contributed by atoms with Crippen LogP contribution in [-0.2, 0) is 0 Å². The molecule has 0 bridgehead atoms. The highest BCUT2D eigenvalue weighted by atomic mass is 16.3. The number of fused-ring (bicyclic) bond motifs is 1. The molecule has 90 valence electrons. The fourth-order valence-corrected chi connectivity index (χ4v) is 2.15. The Morgan fingerprint density at radius 1 is 1.00 bits per heavy atom. The lowest BCUT2D eigenvalue weighted by Gasteiger charge is -2.03. The van der Waals surface area contributed by atoms with E-state index in [0.717, 1.165) is 27.7 Å². The lowest BCUT2D eigenvalue weighted by Crippen LogP contribution is -1.84. The number of benzene rings is 2. The molecular formula is C15H14N2O. The molecule has 0 aliphatic heterocycles. The monoisotopic (exact) mass is 238 g/mol. The number of aromatic amines is 1. The first kappa shape index (κ1) is 10.8. The Labute approximate surface area is 105 Å². The van der Waals surface area contributed by atoms with E-state index in [-0.39, 0.29) is 5.75 Å². The number of rotatable bonds is 1. The van der Waals surface area contributed by atoms with E-state index in [9.17, 15) is 5.11 Å². The van der Waals surface area contributed by atoms with Crippen LogP contribution in [0, 0.1) is 13.8 Å². The van der Waals surface area contributed by atoms with Gasteiger partial charge in [-0.2, -0.15) is 0 Å². The SMILES string of the molecule is Cc1cccc(-c2nc3c(C)cccc3[nH]2)c1O. The molecule has 1 aromatic heterocycles. The molecule has 2 N–H and O–H groups in total. The molecule has 3 heteroatoms. The first-order valence-corrected chi connectivity index (χ1v) is 5.91. The summed E-state index contributed by atoms with van der Waals surface area (Å²) in [5, 5.41) is 10.1. The van der Waals surface area contributed by atoms with E-state index in [1.807, 2.05) is 50.2 Å². The molecule has 3 aromatic rings. The van der Waals surface area contributed by atoms with Crippen LogP contribution in [0.25, 0.3) is 22.4 Å². The average molecular weight is 238 g/mol. The fourth-order valence-electron chi connectivity index (χ4n) is 2.15. The number of phenolic OH excluding ortho intramolecular Hbond substituents is 1. The van der Waals surface area contributed by atoms with Crippen molar-refractivity contribution in [2.24, 2.45) is 0 Å². The van der Waals surface area contributed by atoms with Crippen molar-refractivity contribution in [2.75, 3.05) is 0 Å². The van der Waals surface area contributed by atoms with Crippen molar-refractivity contribution in [3.8, 4) is 17.1 Å². The van der Waals surface area contributed by atoms with Crippen LogP contribution in [0.15, 0.2) is 36.4 Å². The Morgan fingerprint density at radius 3 is 2.50 bits per heavy atom. The molecule has 0 saturated heterocycles. The maximum atomic E-state index is 10.1. The number of imidazole rings is 1. The van der Waals surface area contributed by atoms with Crippen LogP contribution in [0.1, 0.15) is 11.1 Å². The van der Waals surface area contributed by atoms with Gasteiger partial charge in [-0.15, -0.1) is 0 Å². The molecule has 0 aliphatic rings. The summed E-state index contributed by atoms with van der Waals surface area (Å²) < 4.78 is 0. The Hall–Kier alpha value is -2.29. The van der Waals surface area contributed by atoms with Gasteiger partial charge in [0.1, 0.15) is 11.6 Å². The van der Waals surface area contributed by atoms with Gasteiger partial charge in [-0.1, -0.05) is 24.3 Å². The van der Waals surface area contributed by atoms with Gasteiger partial charge in [0.2, 0.25) is 0 Å². The maximum Gasteiger partial charge on any atom is 0.142 e. The largest absolute Gasteiger partial charge is 0.507 e. The number of hydrogen-bond acceptors (Lipinski definition) is 2. The predicted octanol–water partition coefficient (Wildman–Crippen LogP) is 3.55. The molecule has 0 atom stereocenters. The average Bonchev–Trinajstić information content (AvgIpc) is 2.78. The van der Waals surface area contributed by atoms with E-state index < -0.39 is 0 Å². The summed E-state index contributed by atoms with van der Waals surface area (Å²) in [6.07, 6.45) is 0. The number of hydrogen-bond donors (Lipinski definition) is 2. The van der Waals surface area contributed by atoms with Crippen molar-refractivity contribution in [1.29, 1.82) is 0 Å². The van der Waals surface area contributed by atoms with E-state index >= 15 is 0 Å². The summed E-state index contributed by atoms with van der Waals surface area (Å²) in [6.45, 7) is 3.91. The number of nitrogens with zero attached hydrogens (tertiary/aromatic N) is 1. The van der Waals surface area contributed by atoms with E-state index in [1.54, 1.807) is 0 Å². The highest BCUT2D eigenvalue weighted by Gasteiger charge is 2.11. The Bertz CT molecular complexity index is 728. The number of H-pyrrole nitrogens is 1. The van der Waals surface area contributed by atoms with Gasteiger partial charge in [-0.3, -0.25) is 0 Å².